The molecule has 3 nitrogen and oxygen atoms in total. The number of allylic oxidation sites excluding steroid dienone is 2. The van der Waals surface area contributed by atoms with Crippen molar-refractivity contribution in [2.45, 2.75) is 13.8 Å². The van der Waals surface area contributed by atoms with Crippen LogP contribution in [0.5, 0.6) is 11.5 Å². The predicted molar refractivity (Wildman–Crippen MR) is 93.6 cm³/mol. The molecule has 0 spiro atoms. The molecule has 2 aromatic rings. The Morgan fingerprint density at radius 2 is 1.52 bits per heavy atom. The lowest BCUT2D eigenvalue weighted by molar-refractivity contribution is -0.110. The van der Waals surface area contributed by atoms with Crippen LogP contribution in [0.4, 0.5) is 0 Å². The molecule has 0 heterocycles. The zero-order chi connectivity index (χ0) is 16.8. The first kappa shape index (κ1) is 16.6. The summed E-state index contributed by atoms with van der Waals surface area (Å²) in [6.07, 6.45) is 6.56. The Kier molecular flexibility index (Phi) is 5.36. The van der Waals surface area contributed by atoms with E-state index in [1.807, 2.05) is 38.1 Å². The molecular weight excluding hydrogens is 288 g/mol. The fourth-order valence-electron chi connectivity index (χ4n) is 2.20. The van der Waals surface area contributed by atoms with E-state index in [1.54, 1.807) is 31.4 Å². The molecule has 0 aliphatic carbocycles. The van der Waals surface area contributed by atoms with Crippen molar-refractivity contribution in [2.75, 3.05) is 7.11 Å². The van der Waals surface area contributed by atoms with Gasteiger partial charge in [0.05, 0.1) is 7.11 Å². The first-order chi connectivity index (χ1) is 11.0. The fraction of sp³-hybridized carbons (Fsp3) is 0.150. The number of ketones is 1. The van der Waals surface area contributed by atoms with Crippen molar-refractivity contribution in [3.8, 4) is 11.5 Å². The molecule has 3 heteroatoms. The largest absolute Gasteiger partial charge is 0.508 e. The molecular formula is C20H20O3. The van der Waals surface area contributed by atoms with Crippen molar-refractivity contribution in [2.24, 2.45) is 0 Å². The summed E-state index contributed by atoms with van der Waals surface area (Å²) in [5, 5.41) is 9.48. The van der Waals surface area contributed by atoms with E-state index in [2.05, 4.69) is 0 Å². The Labute approximate surface area is 136 Å². The van der Waals surface area contributed by atoms with Gasteiger partial charge in [0.15, 0.2) is 5.78 Å². The molecule has 0 amide bonds. The third-order valence-corrected chi connectivity index (χ3v) is 3.52. The molecule has 0 aliphatic heterocycles. The van der Waals surface area contributed by atoms with E-state index in [-0.39, 0.29) is 11.5 Å². The second-order valence-electron chi connectivity index (χ2n) is 5.34. The predicted octanol–water partition coefficient (Wildman–Crippen LogP) is 4.31. The normalized spacial score (nSPS) is 11.3. The minimum absolute atomic E-state index is 0.0933. The van der Waals surface area contributed by atoms with E-state index >= 15 is 0 Å². The number of carbonyl (C=O) groups is 1. The van der Waals surface area contributed by atoms with Gasteiger partial charge in [0.2, 0.25) is 0 Å². The van der Waals surface area contributed by atoms with Crippen LogP contribution in [0, 0.1) is 13.8 Å². The smallest absolute Gasteiger partial charge is 0.178 e. The van der Waals surface area contributed by atoms with Gasteiger partial charge in [-0.2, -0.15) is 0 Å². The summed E-state index contributed by atoms with van der Waals surface area (Å²) in [6.45, 7) is 3.78. The van der Waals surface area contributed by atoms with Crippen LogP contribution in [-0.4, -0.2) is 18.0 Å². The summed E-state index contributed by atoms with van der Waals surface area (Å²) < 4.78 is 5.21. The third-order valence-electron chi connectivity index (χ3n) is 3.52. The van der Waals surface area contributed by atoms with Gasteiger partial charge in [-0.3, -0.25) is 4.79 Å². The highest BCUT2D eigenvalue weighted by Gasteiger charge is 1.99. The zero-order valence-electron chi connectivity index (χ0n) is 13.5. The highest BCUT2D eigenvalue weighted by Crippen LogP contribution is 2.19. The van der Waals surface area contributed by atoms with Crippen molar-refractivity contribution < 1.29 is 14.6 Å². The lowest BCUT2D eigenvalue weighted by atomic mass is 10.1. The lowest BCUT2D eigenvalue weighted by Crippen LogP contribution is -1.88. The molecule has 23 heavy (non-hydrogen) atoms. The summed E-state index contributed by atoms with van der Waals surface area (Å²) in [4.78, 5) is 11.9. The molecule has 2 rings (SSSR count). The van der Waals surface area contributed by atoms with Crippen molar-refractivity contribution in [3.05, 3.63) is 70.8 Å². The molecule has 0 radical (unpaired) electrons. The first-order valence-corrected chi connectivity index (χ1v) is 7.34. The van der Waals surface area contributed by atoms with Crippen LogP contribution in [0.1, 0.15) is 22.3 Å². The minimum atomic E-state index is -0.0933. The SMILES string of the molecule is COc1ccc(C=CC(=O)C=Cc2ccc(O)c(C)c2)cc1C. The number of hydrogen-bond donors (Lipinski definition) is 1. The number of phenols is 1. The first-order valence-electron chi connectivity index (χ1n) is 7.34. The zero-order valence-corrected chi connectivity index (χ0v) is 13.5. The lowest BCUT2D eigenvalue weighted by Gasteiger charge is -2.04. The van der Waals surface area contributed by atoms with Gasteiger partial charge in [-0.05, 0) is 72.5 Å². The van der Waals surface area contributed by atoms with Gasteiger partial charge in [0.25, 0.3) is 0 Å². The molecule has 118 valence electrons. The maximum Gasteiger partial charge on any atom is 0.178 e. The standard InChI is InChI=1S/C20H20O3/c1-14-12-16(6-10-19(14)22)4-8-18(21)9-5-17-7-11-20(23-3)15(2)13-17/h4-13,22H,1-3H3. The minimum Gasteiger partial charge on any atom is -0.508 e. The van der Waals surface area contributed by atoms with E-state index < -0.39 is 0 Å². The monoisotopic (exact) mass is 308 g/mol. The molecule has 0 bridgehead atoms. The van der Waals surface area contributed by atoms with Crippen LogP contribution < -0.4 is 4.74 Å². The molecule has 0 unspecified atom stereocenters. The molecule has 0 aliphatic rings. The Hall–Kier alpha value is -2.81. The maximum absolute atomic E-state index is 11.9. The number of aromatic hydroxyl groups is 1. The van der Waals surface area contributed by atoms with Crippen LogP contribution in [0.15, 0.2) is 48.6 Å². The van der Waals surface area contributed by atoms with Crippen molar-refractivity contribution in [1.29, 1.82) is 0 Å². The number of aryl methyl sites for hydroxylation is 2. The highest BCUT2D eigenvalue weighted by molar-refractivity contribution is 6.04. The van der Waals surface area contributed by atoms with Crippen molar-refractivity contribution in [3.63, 3.8) is 0 Å². The third kappa shape index (κ3) is 4.58. The number of rotatable bonds is 5. The number of hydrogen-bond acceptors (Lipinski definition) is 3. The quantitative estimate of drug-likeness (QED) is 0.837. The number of methoxy groups -OCH3 is 1. The Morgan fingerprint density at radius 1 is 0.957 bits per heavy atom. The fourth-order valence-corrected chi connectivity index (χ4v) is 2.20. The topological polar surface area (TPSA) is 46.5 Å². The molecule has 0 atom stereocenters. The van der Waals surface area contributed by atoms with Crippen LogP contribution in [0.3, 0.4) is 0 Å². The number of phenolic OH excluding ortho intramolecular Hbond substituents is 1. The van der Waals surface area contributed by atoms with E-state index in [0.29, 0.717) is 0 Å². The van der Waals surface area contributed by atoms with E-state index in [1.165, 1.54) is 12.2 Å². The summed E-state index contributed by atoms with van der Waals surface area (Å²) in [6, 6.07) is 11.0. The van der Waals surface area contributed by atoms with Gasteiger partial charge in [0, 0.05) is 0 Å². The second kappa shape index (κ2) is 7.45. The molecule has 0 saturated heterocycles. The Balaban J connectivity index is 2.05. The summed E-state index contributed by atoms with van der Waals surface area (Å²) in [5.41, 5.74) is 3.63. The van der Waals surface area contributed by atoms with Crippen LogP contribution in [0.2, 0.25) is 0 Å². The summed E-state index contributed by atoms with van der Waals surface area (Å²) >= 11 is 0. The van der Waals surface area contributed by atoms with Crippen LogP contribution >= 0.6 is 0 Å². The van der Waals surface area contributed by atoms with Gasteiger partial charge >= 0.3 is 0 Å². The van der Waals surface area contributed by atoms with Gasteiger partial charge in [0.1, 0.15) is 11.5 Å². The highest BCUT2D eigenvalue weighted by atomic mass is 16.5. The second-order valence-corrected chi connectivity index (χ2v) is 5.34. The van der Waals surface area contributed by atoms with Gasteiger partial charge < -0.3 is 9.84 Å². The number of carbonyl (C=O) groups excluding carboxylic acids is 1. The molecule has 0 aromatic heterocycles. The van der Waals surface area contributed by atoms with Crippen LogP contribution in [0.25, 0.3) is 12.2 Å². The summed E-state index contributed by atoms with van der Waals surface area (Å²) in [5.74, 6) is 0.989. The van der Waals surface area contributed by atoms with Gasteiger partial charge in [-0.15, -0.1) is 0 Å². The Morgan fingerprint density at radius 3 is 2.04 bits per heavy atom. The average Bonchev–Trinajstić information content (AvgIpc) is 2.54. The Bertz CT molecular complexity index is 770. The molecule has 0 fully saturated rings. The summed E-state index contributed by atoms with van der Waals surface area (Å²) in [7, 11) is 1.64. The number of benzene rings is 2. The maximum atomic E-state index is 11.9. The number of ether oxygens (including phenoxy) is 1. The van der Waals surface area contributed by atoms with Crippen molar-refractivity contribution in [1.82, 2.24) is 0 Å². The average molecular weight is 308 g/mol. The molecule has 2 aromatic carbocycles. The van der Waals surface area contributed by atoms with Gasteiger partial charge in [-0.25, -0.2) is 0 Å². The molecule has 0 saturated carbocycles. The van der Waals surface area contributed by atoms with Crippen LogP contribution in [-0.2, 0) is 4.79 Å². The van der Waals surface area contributed by atoms with E-state index in [9.17, 15) is 9.90 Å². The van der Waals surface area contributed by atoms with E-state index in [0.717, 1.165) is 28.0 Å². The van der Waals surface area contributed by atoms with E-state index in [4.69, 9.17) is 4.74 Å². The van der Waals surface area contributed by atoms with Gasteiger partial charge in [-0.1, -0.05) is 24.3 Å². The van der Waals surface area contributed by atoms with Crippen molar-refractivity contribution >= 4 is 17.9 Å². The molecule has 1 N–H and O–H groups in total.